The van der Waals surface area contributed by atoms with Crippen molar-refractivity contribution >= 4 is 11.2 Å². The lowest BCUT2D eigenvalue weighted by Gasteiger charge is -1.91. The van der Waals surface area contributed by atoms with E-state index in [0.717, 1.165) is 5.52 Å². The number of nitrogens with one attached hydrogen (secondary N) is 2. The first kappa shape index (κ1) is 8.72. The Morgan fingerprint density at radius 1 is 1.25 bits per heavy atom. The molecule has 3 rings (SSSR count). The number of fused-ring (bicyclic) bond motifs is 1. The van der Waals surface area contributed by atoms with Crippen LogP contribution < -0.4 is 5.56 Å². The zero-order valence-electron chi connectivity index (χ0n) is 8.01. The summed E-state index contributed by atoms with van der Waals surface area (Å²) in [6.07, 6.45) is 3.05. The van der Waals surface area contributed by atoms with Crippen molar-refractivity contribution in [1.82, 2.24) is 30.1 Å². The topological polar surface area (TPSA) is 100 Å². The summed E-state index contributed by atoms with van der Waals surface area (Å²) in [4.78, 5) is 26.0. The molecule has 0 atom stereocenters. The molecule has 0 aromatic carbocycles. The molecule has 3 aromatic heterocycles. The Kier molecular flexibility index (Phi) is 1.76. The number of nitrogens with zero attached hydrogens (tertiary/aromatic N) is 4. The minimum Gasteiger partial charge on any atom is -0.334 e. The average molecular weight is 214 g/mol. The van der Waals surface area contributed by atoms with Gasteiger partial charge in [0.1, 0.15) is 17.5 Å². The third-order valence-electron chi connectivity index (χ3n) is 2.08. The molecule has 0 saturated heterocycles. The molecule has 0 unspecified atom stereocenters. The van der Waals surface area contributed by atoms with E-state index >= 15 is 0 Å². The maximum atomic E-state index is 10.9. The molecule has 3 heterocycles. The van der Waals surface area contributed by atoms with E-state index < -0.39 is 0 Å². The fourth-order valence-electron chi connectivity index (χ4n) is 1.36. The van der Waals surface area contributed by atoms with E-state index in [-0.39, 0.29) is 5.56 Å². The Morgan fingerprint density at radius 3 is 2.94 bits per heavy atom. The van der Waals surface area contributed by atoms with E-state index in [4.69, 9.17) is 0 Å². The van der Waals surface area contributed by atoms with Crippen LogP contribution in [0.3, 0.4) is 0 Å². The van der Waals surface area contributed by atoms with Crippen LogP contribution in [-0.4, -0.2) is 30.1 Å². The van der Waals surface area contributed by atoms with E-state index in [1.54, 1.807) is 12.3 Å². The standard InChI is InChI=1S/C9H6N6O/c16-7-2-1-5(14-15-7)9-12-6-3-10-4-11-8(6)13-9/h1-4H,(H,15,16)(H,10,11,12,13). The summed E-state index contributed by atoms with van der Waals surface area (Å²) in [6, 6.07) is 2.98. The van der Waals surface area contributed by atoms with E-state index in [2.05, 4.69) is 30.1 Å². The van der Waals surface area contributed by atoms with Crippen molar-refractivity contribution in [3.05, 3.63) is 35.0 Å². The van der Waals surface area contributed by atoms with Crippen LogP contribution in [0.5, 0.6) is 0 Å². The van der Waals surface area contributed by atoms with E-state index in [1.165, 1.54) is 12.4 Å². The maximum Gasteiger partial charge on any atom is 0.264 e. The summed E-state index contributed by atoms with van der Waals surface area (Å²) in [5.74, 6) is 0.548. The van der Waals surface area contributed by atoms with Crippen molar-refractivity contribution in [2.75, 3.05) is 0 Å². The van der Waals surface area contributed by atoms with Gasteiger partial charge in [0.15, 0.2) is 11.5 Å². The van der Waals surface area contributed by atoms with Crippen LogP contribution in [0.1, 0.15) is 0 Å². The second-order valence-electron chi connectivity index (χ2n) is 3.15. The largest absolute Gasteiger partial charge is 0.334 e. The summed E-state index contributed by atoms with van der Waals surface area (Å²) in [6.45, 7) is 0. The van der Waals surface area contributed by atoms with Gasteiger partial charge in [-0.2, -0.15) is 5.10 Å². The lowest BCUT2D eigenvalue weighted by molar-refractivity contribution is 0.985. The highest BCUT2D eigenvalue weighted by Gasteiger charge is 2.06. The van der Waals surface area contributed by atoms with E-state index in [0.29, 0.717) is 17.2 Å². The van der Waals surface area contributed by atoms with Gasteiger partial charge in [-0.05, 0) is 6.07 Å². The maximum absolute atomic E-state index is 10.9. The van der Waals surface area contributed by atoms with Crippen molar-refractivity contribution in [2.45, 2.75) is 0 Å². The Hall–Kier alpha value is -2.57. The fraction of sp³-hybridized carbons (Fsp3) is 0. The highest BCUT2D eigenvalue weighted by Crippen LogP contribution is 2.14. The molecule has 0 bridgehead atoms. The van der Waals surface area contributed by atoms with Crippen LogP contribution in [0.2, 0.25) is 0 Å². The SMILES string of the molecule is O=c1ccc(-c2nc3ncncc3[nH]2)n[nH]1. The molecule has 0 saturated carbocycles. The summed E-state index contributed by atoms with van der Waals surface area (Å²) in [7, 11) is 0. The van der Waals surface area contributed by atoms with Crippen molar-refractivity contribution in [1.29, 1.82) is 0 Å². The first-order valence-electron chi connectivity index (χ1n) is 4.55. The van der Waals surface area contributed by atoms with Crippen molar-refractivity contribution in [3.63, 3.8) is 0 Å². The molecular weight excluding hydrogens is 208 g/mol. The molecule has 78 valence electrons. The molecule has 7 heteroatoms. The van der Waals surface area contributed by atoms with Crippen molar-refractivity contribution in [2.24, 2.45) is 0 Å². The smallest absolute Gasteiger partial charge is 0.264 e. The van der Waals surface area contributed by atoms with Gasteiger partial charge >= 0.3 is 0 Å². The predicted molar refractivity (Wildman–Crippen MR) is 55.5 cm³/mol. The Balaban J connectivity index is 2.19. The third-order valence-corrected chi connectivity index (χ3v) is 2.08. The summed E-state index contributed by atoms with van der Waals surface area (Å²) < 4.78 is 0. The number of aromatic amines is 2. The van der Waals surface area contributed by atoms with Crippen LogP contribution in [0.4, 0.5) is 0 Å². The molecule has 0 aliphatic carbocycles. The Bertz CT molecular complexity index is 647. The van der Waals surface area contributed by atoms with Gasteiger partial charge < -0.3 is 4.98 Å². The minimum atomic E-state index is -0.250. The van der Waals surface area contributed by atoms with Crippen LogP contribution in [-0.2, 0) is 0 Å². The van der Waals surface area contributed by atoms with Gasteiger partial charge in [-0.1, -0.05) is 0 Å². The predicted octanol–water partition coefficient (Wildman–Crippen LogP) is 0.103. The zero-order valence-corrected chi connectivity index (χ0v) is 8.01. The van der Waals surface area contributed by atoms with Crippen molar-refractivity contribution < 1.29 is 0 Å². The van der Waals surface area contributed by atoms with Crippen LogP contribution in [0, 0.1) is 0 Å². The molecule has 16 heavy (non-hydrogen) atoms. The van der Waals surface area contributed by atoms with Gasteiger partial charge in [-0.25, -0.2) is 20.1 Å². The van der Waals surface area contributed by atoms with E-state index in [1.807, 2.05) is 0 Å². The Morgan fingerprint density at radius 2 is 2.19 bits per heavy atom. The monoisotopic (exact) mass is 214 g/mol. The molecule has 0 aliphatic rings. The van der Waals surface area contributed by atoms with Gasteiger partial charge in [0.2, 0.25) is 0 Å². The van der Waals surface area contributed by atoms with Crippen LogP contribution >= 0.6 is 0 Å². The lowest BCUT2D eigenvalue weighted by atomic mass is 10.4. The molecule has 0 spiro atoms. The number of aromatic nitrogens is 6. The number of hydrogen-bond acceptors (Lipinski definition) is 5. The van der Waals surface area contributed by atoms with Gasteiger partial charge in [-0.15, -0.1) is 0 Å². The third kappa shape index (κ3) is 1.34. The molecule has 0 amide bonds. The summed E-state index contributed by atoms with van der Waals surface area (Å²) in [5.41, 5.74) is 1.60. The molecule has 7 nitrogen and oxygen atoms in total. The van der Waals surface area contributed by atoms with Gasteiger partial charge in [0.05, 0.1) is 6.20 Å². The number of rotatable bonds is 1. The number of hydrogen-bond donors (Lipinski definition) is 2. The highest BCUT2D eigenvalue weighted by atomic mass is 16.1. The lowest BCUT2D eigenvalue weighted by Crippen LogP contribution is -2.05. The first-order valence-corrected chi connectivity index (χ1v) is 4.55. The van der Waals surface area contributed by atoms with Gasteiger partial charge in [0.25, 0.3) is 5.56 Å². The normalized spacial score (nSPS) is 10.8. The first-order chi connectivity index (χ1) is 7.83. The second kappa shape index (κ2) is 3.23. The zero-order chi connectivity index (χ0) is 11.0. The molecule has 3 aromatic rings. The number of H-pyrrole nitrogens is 2. The molecular formula is C9H6N6O. The molecule has 0 fully saturated rings. The van der Waals surface area contributed by atoms with Gasteiger partial charge in [0, 0.05) is 6.07 Å². The second-order valence-corrected chi connectivity index (χ2v) is 3.15. The average Bonchev–Trinajstić information content (AvgIpc) is 2.73. The molecule has 2 N–H and O–H groups in total. The highest BCUT2D eigenvalue weighted by molar-refractivity contribution is 5.73. The fourth-order valence-corrected chi connectivity index (χ4v) is 1.36. The Labute approximate surface area is 88.6 Å². The van der Waals surface area contributed by atoms with Gasteiger partial charge in [-0.3, -0.25) is 4.79 Å². The van der Waals surface area contributed by atoms with E-state index in [9.17, 15) is 4.79 Å². The summed E-state index contributed by atoms with van der Waals surface area (Å²) in [5, 5.41) is 6.21. The van der Waals surface area contributed by atoms with Crippen LogP contribution in [0.25, 0.3) is 22.7 Å². The number of imidazole rings is 1. The minimum absolute atomic E-state index is 0.250. The molecule has 0 aliphatic heterocycles. The molecule has 0 radical (unpaired) electrons. The van der Waals surface area contributed by atoms with Crippen LogP contribution in [0.15, 0.2) is 29.5 Å². The summed E-state index contributed by atoms with van der Waals surface area (Å²) >= 11 is 0. The van der Waals surface area contributed by atoms with Crippen molar-refractivity contribution in [3.8, 4) is 11.5 Å². The quantitative estimate of drug-likeness (QED) is 0.598.